The van der Waals surface area contributed by atoms with E-state index in [9.17, 15) is 18.5 Å². The van der Waals surface area contributed by atoms with Crippen LogP contribution in [-0.2, 0) is 16.6 Å². The number of hydrogen-bond donors (Lipinski definition) is 0. The first-order valence-corrected chi connectivity index (χ1v) is 9.83. The predicted molar refractivity (Wildman–Crippen MR) is 98.3 cm³/mol. The van der Waals surface area contributed by atoms with Crippen LogP contribution >= 0.6 is 0 Å². The number of rotatable bonds is 5. The summed E-state index contributed by atoms with van der Waals surface area (Å²) in [6.45, 7) is 4.62. The zero-order valence-electron chi connectivity index (χ0n) is 14.5. The summed E-state index contributed by atoms with van der Waals surface area (Å²) in [4.78, 5) is 12.4. The highest BCUT2D eigenvalue weighted by atomic mass is 32.2. The van der Waals surface area contributed by atoms with Gasteiger partial charge in [0.25, 0.3) is 5.69 Å². The second kappa shape index (κ2) is 7.53. The first kappa shape index (κ1) is 18.5. The van der Waals surface area contributed by atoms with Crippen molar-refractivity contribution in [1.29, 1.82) is 0 Å². The van der Waals surface area contributed by atoms with Gasteiger partial charge in [0, 0.05) is 38.8 Å². The number of nitrogens with zero attached hydrogens (tertiary/aromatic N) is 3. The van der Waals surface area contributed by atoms with Gasteiger partial charge in [-0.15, -0.1) is 0 Å². The predicted octanol–water partition coefficient (Wildman–Crippen LogP) is 2.41. The van der Waals surface area contributed by atoms with E-state index in [1.807, 2.05) is 6.92 Å². The van der Waals surface area contributed by atoms with E-state index in [2.05, 4.69) is 29.2 Å². The lowest BCUT2D eigenvalue weighted by Crippen LogP contribution is -2.48. The Labute approximate surface area is 153 Å². The molecule has 1 saturated heterocycles. The van der Waals surface area contributed by atoms with Crippen LogP contribution in [0.15, 0.2) is 53.4 Å². The van der Waals surface area contributed by atoms with Crippen LogP contribution in [-0.4, -0.2) is 48.7 Å². The van der Waals surface area contributed by atoms with Gasteiger partial charge in [0.15, 0.2) is 4.90 Å². The van der Waals surface area contributed by atoms with E-state index in [4.69, 9.17) is 0 Å². The summed E-state index contributed by atoms with van der Waals surface area (Å²) in [6.07, 6.45) is 0. The number of piperazine rings is 1. The summed E-state index contributed by atoms with van der Waals surface area (Å²) in [6, 6.07) is 13.8. The highest BCUT2D eigenvalue weighted by Crippen LogP contribution is 2.27. The van der Waals surface area contributed by atoms with Crippen molar-refractivity contribution in [3.8, 4) is 0 Å². The summed E-state index contributed by atoms with van der Waals surface area (Å²) in [5, 5.41) is 11.1. The van der Waals surface area contributed by atoms with Crippen molar-refractivity contribution < 1.29 is 13.3 Å². The summed E-state index contributed by atoms with van der Waals surface area (Å²) in [5.41, 5.74) is 2.01. The Bertz CT molecular complexity index is 889. The molecule has 0 saturated carbocycles. The molecule has 1 aliphatic rings. The Morgan fingerprint density at radius 1 is 1.00 bits per heavy atom. The zero-order valence-corrected chi connectivity index (χ0v) is 15.4. The molecule has 0 bridgehead atoms. The average molecular weight is 375 g/mol. The number of sulfonamides is 1. The van der Waals surface area contributed by atoms with E-state index < -0.39 is 14.9 Å². The molecule has 8 heteroatoms. The van der Waals surface area contributed by atoms with Crippen LogP contribution in [0.1, 0.15) is 11.1 Å². The van der Waals surface area contributed by atoms with Crippen molar-refractivity contribution in [2.24, 2.45) is 0 Å². The molecule has 1 aliphatic heterocycles. The minimum Gasteiger partial charge on any atom is -0.296 e. The molecule has 0 aliphatic carbocycles. The molecule has 0 aromatic heterocycles. The number of para-hydroxylation sites is 1. The molecule has 26 heavy (non-hydrogen) atoms. The second-order valence-corrected chi connectivity index (χ2v) is 8.30. The van der Waals surface area contributed by atoms with Crippen LogP contribution in [0.3, 0.4) is 0 Å². The third-order valence-corrected chi connectivity index (χ3v) is 6.48. The Kier molecular flexibility index (Phi) is 5.36. The molecule has 7 nitrogen and oxygen atoms in total. The Morgan fingerprint density at radius 2 is 1.62 bits per heavy atom. The second-order valence-electron chi connectivity index (χ2n) is 6.39. The van der Waals surface area contributed by atoms with Gasteiger partial charge in [-0.1, -0.05) is 42.0 Å². The van der Waals surface area contributed by atoms with E-state index in [1.165, 1.54) is 39.7 Å². The number of nitro benzene ring substituents is 1. The fraction of sp³-hybridized carbons (Fsp3) is 0.333. The molecule has 2 aromatic rings. The van der Waals surface area contributed by atoms with E-state index in [1.54, 1.807) is 0 Å². The minimum atomic E-state index is -3.87. The number of hydrogen-bond acceptors (Lipinski definition) is 5. The molecule has 0 spiro atoms. The van der Waals surface area contributed by atoms with Gasteiger partial charge in [0.1, 0.15) is 0 Å². The summed E-state index contributed by atoms with van der Waals surface area (Å²) in [7, 11) is -3.87. The molecule has 0 radical (unpaired) electrons. The third kappa shape index (κ3) is 3.92. The summed E-state index contributed by atoms with van der Waals surface area (Å²) in [5.74, 6) is 0. The van der Waals surface area contributed by atoms with Crippen molar-refractivity contribution in [3.05, 3.63) is 69.8 Å². The molecular weight excluding hydrogens is 354 g/mol. The number of benzene rings is 2. The van der Waals surface area contributed by atoms with E-state index in [0.29, 0.717) is 26.2 Å². The smallest absolute Gasteiger partial charge is 0.289 e. The Balaban J connectivity index is 1.69. The zero-order chi connectivity index (χ0) is 18.7. The standard InChI is InChI=1S/C18H21N3O4S/c1-15-6-8-16(9-7-15)14-19-10-12-20(13-11-19)26(24,25)18-5-3-2-4-17(18)21(22)23/h2-9H,10-14H2,1H3. The lowest BCUT2D eigenvalue weighted by atomic mass is 10.1. The molecule has 3 rings (SSSR count). The molecule has 0 N–H and O–H groups in total. The maximum atomic E-state index is 12.8. The van der Waals surface area contributed by atoms with E-state index in [-0.39, 0.29) is 10.6 Å². The average Bonchev–Trinajstić information content (AvgIpc) is 2.64. The van der Waals surface area contributed by atoms with Crippen molar-refractivity contribution in [2.75, 3.05) is 26.2 Å². The Hall–Kier alpha value is -2.29. The van der Waals surface area contributed by atoms with Gasteiger partial charge in [-0.2, -0.15) is 4.31 Å². The highest BCUT2D eigenvalue weighted by Gasteiger charge is 2.33. The maximum absolute atomic E-state index is 12.8. The largest absolute Gasteiger partial charge is 0.296 e. The van der Waals surface area contributed by atoms with Crippen LogP contribution < -0.4 is 0 Å². The van der Waals surface area contributed by atoms with E-state index >= 15 is 0 Å². The van der Waals surface area contributed by atoms with Crippen molar-refractivity contribution in [3.63, 3.8) is 0 Å². The molecule has 0 amide bonds. The van der Waals surface area contributed by atoms with Crippen LogP contribution in [0.2, 0.25) is 0 Å². The highest BCUT2D eigenvalue weighted by molar-refractivity contribution is 7.89. The Morgan fingerprint density at radius 3 is 2.23 bits per heavy atom. The van der Waals surface area contributed by atoms with Gasteiger partial charge >= 0.3 is 0 Å². The van der Waals surface area contributed by atoms with Gasteiger partial charge < -0.3 is 0 Å². The normalized spacial score (nSPS) is 16.5. The monoisotopic (exact) mass is 375 g/mol. The first-order chi connectivity index (χ1) is 12.4. The van der Waals surface area contributed by atoms with Crippen molar-refractivity contribution in [1.82, 2.24) is 9.21 Å². The molecule has 0 unspecified atom stereocenters. The van der Waals surface area contributed by atoms with E-state index in [0.717, 1.165) is 6.54 Å². The lowest BCUT2D eigenvalue weighted by Gasteiger charge is -2.33. The van der Waals surface area contributed by atoms with Crippen molar-refractivity contribution in [2.45, 2.75) is 18.4 Å². The molecule has 2 aromatic carbocycles. The first-order valence-electron chi connectivity index (χ1n) is 8.39. The molecular formula is C18H21N3O4S. The van der Waals surface area contributed by atoms with Gasteiger partial charge in [-0.25, -0.2) is 8.42 Å². The van der Waals surface area contributed by atoms with Crippen LogP contribution in [0.5, 0.6) is 0 Å². The lowest BCUT2D eigenvalue weighted by molar-refractivity contribution is -0.387. The quantitative estimate of drug-likeness (QED) is 0.592. The number of nitro groups is 1. The summed E-state index contributed by atoms with van der Waals surface area (Å²) >= 11 is 0. The van der Waals surface area contributed by atoms with Gasteiger partial charge in [-0.05, 0) is 18.6 Å². The minimum absolute atomic E-state index is 0.239. The topological polar surface area (TPSA) is 83.8 Å². The van der Waals surface area contributed by atoms with Gasteiger partial charge in [-0.3, -0.25) is 15.0 Å². The fourth-order valence-corrected chi connectivity index (χ4v) is 4.62. The molecule has 1 fully saturated rings. The SMILES string of the molecule is Cc1ccc(CN2CCN(S(=O)(=O)c3ccccc3[N+](=O)[O-])CC2)cc1. The molecule has 1 heterocycles. The fourth-order valence-electron chi connectivity index (χ4n) is 3.04. The maximum Gasteiger partial charge on any atom is 0.289 e. The van der Waals surface area contributed by atoms with Crippen LogP contribution in [0.25, 0.3) is 0 Å². The molecule has 138 valence electrons. The number of aryl methyl sites for hydroxylation is 1. The van der Waals surface area contributed by atoms with Crippen LogP contribution in [0, 0.1) is 17.0 Å². The van der Waals surface area contributed by atoms with Crippen LogP contribution in [0.4, 0.5) is 5.69 Å². The van der Waals surface area contributed by atoms with Crippen molar-refractivity contribution >= 4 is 15.7 Å². The third-order valence-electron chi connectivity index (χ3n) is 4.54. The summed E-state index contributed by atoms with van der Waals surface area (Å²) < 4.78 is 27.0. The molecule has 0 atom stereocenters. The van der Waals surface area contributed by atoms with Gasteiger partial charge in [0.05, 0.1) is 4.92 Å². The van der Waals surface area contributed by atoms with Gasteiger partial charge in [0.2, 0.25) is 10.0 Å².